The molecule has 1 aromatic carbocycles. The Morgan fingerprint density at radius 2 is 2.04 bits per heavy atom. The maximum Gasteiger partial charge on any atom is 0.573 e. The monoisotopic (exact) mass is 346 g/mol. The molecule has 1 aromatic rings. The molecule has 0 unspecified atom stereocenters. The maximum atomic E-state index is 12.7. The van der Waals surface area contributed by atoms with Crippen LogP contribution in [0.25, 0.3) is 0 Å². The zero-order valence-electron chi connectivity index (χ0n) is 13.4. The summed E-state index contributed by atoms with van der Waals surface area (Å²) in [6, 6.07) is 4.42. The Morgan fingerprint density at radius 1 is 1.33 bits per heavy atom. The minimum Gasteiger partial charge on any atom is -0.405 e. The van der Waals surface area contributed by atoms with Crippen molar-refractivity contribution in [2.75, 3.05) is 33.4 Å². The van der Waals surface area contributed by atoms with E-state index in [1.807, 2.05) is 0 Å². The second-order valence-corrected chi connectivity index (χ2v) is 5.58. The fourth-order valence-corrected chi connectivity index (χ4v) is 2.71. The molecule has 8 heteroatoms. The van der Waals surface area contributed by atoms with Crippen LogP contribution in [0.1, 0.15) is 34.7 Å². The van der Waals surface area contributed by atoms with Gasteiger partial charge in [-0.3, -0.25) is 4.79 Å². The molecule has 24 heavy (non-hydrogen) atoms. The van der Waals surface area contributed by atoms with Crippen molar-refractivity contribution in [1.29, 1.82) is 0 Å². The molecule has 0 radical (unpaired) electrons. The first kappa shape index (κ1) is 18.5. The minimum absolute atomic E-state index is 0.138. The normalized spacial score (nSPS) is 16.0. The molecule has 1 heterocycles. The molecule has 0 aromatic heterocycles. The fourth-order valence-electron chi connectivity index (χ4n) is 2.71. The van der Waals surface area contributed by atoms with E-state index in [9.17, 15) is 18.0 Å². The van der Waals surface area contributed by atoms with Gasteiger partial charge in [0.1, 0.15) is 5.75 Å². The van der Waals surface area contributed by atoms with Crippen LogP contribution in [0.2, 0.25) is 0 Å². The summed E-state index contributed by atoms with van der Waals surface area (Å²) in [5, 5.41) is 5.71. The summed E-state index contributed by atoms with van der Waals surface area (Å²) in [4.78, 5) is 12.1. The first-order valence-corrected chi connectivity index (χ1v) is 7.78. The Morgan fingerprint density at radius 3 is 2.67 bits per heavy atom. The summed E-state index contributed by atoms with van der Waals surface area (Å²) in [5.41, 5.74) is 0.616. The summed E-state index contributed by atoms with van der Waals surface area (Å²) < 4.78 is 46.9. The molecule has 1 amide bonds. The molecule has 5 nitrogen and oxygen atoms in total. The lowest BCUT2D eigenvalue weighted by Crippen LogP contribution is -2.29. The highest BCUT2D eigenvalue weighted by Gasteiger charge is 2.33. The lowest BCUT2D eigenvalue weighted by Gasteiger charge is -2.24. The van der Waals surface area contributed by atoms with Gasteiger partial charge in [-0.05, 0) is 49.5 Å². The summed E-state index contributed by atoms with van der Waals surface area (Å²) in [5.74, 6) is -0.927. The van der Waals surface area contributed by atoms with Crippen LogP contribution in [-0.2, 0) is 4.74 Å². The topological polar surface area (TPSA) is 59.6 Å². The van der Waals surface area contributed by atoms with Gasteiger partial charge in [-0.15, -0.1) is 13.2 Å². The van der Waals surface area contributed by atoms with E-state index in [-0.39, 0.29) is 24.6 Å². The van der Waals surface area contributed by atoms with Crippen molar-refractivity contribution in [3.05, 3.63) is 29.3 Å². The summed E-state index contributed by atoms with van der Waals surface area (Å²) in [7, 11) is 1.47. The summed E-state index contributed by atoms with van der Waals surface area (Å²) in [6.07, 6.45) is -3.18. The highest BCUT2D eigenvalue weighted by atomic mass is 19.4. The highest BCUT2D eigenvalue weighted by Crippen LogP contribution is 2.33. The molecule has 0 bridgehead atoms. The van der Waals surface area contributed by atoms with Crippen LogP contribution in [0, 0.1) is 0 Å². The molecule has 0 saturated carbocycles. The number of rotatable bonds is 6. The SMILES string of the molecule is COCCNC(=O)c1ccc(C2CCNCC2)cc1OC(F)(F)F. The molecule has 2 rings (SSSR count). The number of halogens is 3. The number of carbonyl (C=O) groups is 1. The summed E-state index contributed by atoms with van der Waals surface area (Å²) >= 11 is 0. The number of piperidine rings is 1. The number of hydrogen-bond acceptors (Lipinski definition) is 4. The smallest absolute Gasteiger partial charge is 0.405 e. The quantitative estimate of drug-likeness (QED) is 0.777. The molecule has 134 valence electrons. The number of amides is 1. The van der Waals surface area contributed by atoms with Crippen molar-refractivity contribution in [3.63, 3.8) is 0 Å². The van der Waals surface area contributed by atoms with Crippen molar-refractivity contribution < 1.29 is 27.4 Å². The van der Waals surface area contributed by atoms with Crippen LogP contribution < -0.4 is 15.4 Å². The third-order valence-electron chi connectivity index (χ3n) is 3.88. The number of nitrogens with one attached hydrogen (secondary N) is 2. The van der Waals surface area contributed by atoms with E-state index < -0.39 is 18.0 Å². The largest absolute Gasteiger partial charge is 0.573 e. The zero-order valence-corrected chi connectivity index (χ0v) is 13.4. The molecule has 0 atom stereocenters. The van der Waals surface area contributed by atoms with Gasteiger partial charge in [-0.1, -0.05) is 6.07 Å². The van der Waals surface area contributed by atoms with Gasteiger partial charge in [0.15, 0.2) is 0 Å². The van der Waals surface area contributed by atoms with Crippen molar-refractivity contribution in [3.8, 4) is 5.75 Å². The molecule has 0 aliphatic carbocycles. The van der Waals surface area contributed by atoms with Gasteiger partial charge in [0.2, 0.25) is 0 Å². The van der Waals surface area contributed by atoms with Gasteiger partial charge in [0.05, 0.1) is 12.2 Å². The number of methoxy groups -OCH3 is 1. The molecular formula is C16H21F3N2O3. The number of carbonyl (C=O) groups excluding carboxylic acids is 1. The fraction of sp³-hybridized carbons (Fsp3) is 0.562. The predicted octanol–water partition coefficient (Wildman–Crippen LogP) is 2.43. The lowest BCUT2D eigenvalue weighted by atomic mass is 9.89. The Kier molecular flexibility index (Phi) is 6.44. The summed E-state index contributed by atoms with van der Waals surface area (Å²) in [6.45, 7) is 2.12. The van der Waals surface area contributed by atoms with Crippen LogP contribution in [0.3, 0.4) is 0 Å². The second kappa shape index (κ2) is 8.34. The predicted molar refractivity (Wildman–Crippen MR) is 82.2 cm³/mol. The first-order chi connectivity index (χ1) is 11.4. The Labute approximate surface area is 138 Å². The van der Waals surface area contributed by atoms with Crippen LogP contribution in [0.4, 0.5) is 13.2 Å². The molecule has 1 saturated heterocycles. The molecule has 0 spiro atoms. The van der Waals surface area contributed by atoms with Crippen molar-refractivity contribution in [2.45, 2.75) is 25.1 Å². The molecular weight excluding hydrogens is 325 g/mol. The van der Waals surface area contributed by atoms with Gasteiger partial charge >= 0.3 is 6.36 Å². The average Bonchev–Trinajstić information content (AvgIpc) is 2.54. The van der Waals surface area contributed by atoms with Crippen LogP contribution >= 0.6 is 0 Å². The van der Waals surface area contributed by atoms with Gasteiger partial charge in [-0.25, -0.2) is 0 Å². The Hall–Kier alpha value is -1.80. The number of alkyl halides is 3. The molecule has 1 aliphatic heterocycles. The van der Waals surface area contributed by atoms with Crippen LogP contribution in [0.5, 0.6) is 5.75 Å². The highest BCUT2D eigenvalue weighted by molar-refractivity contribution is 5.97. The lowest BCUT2D eigenvalue weighted by molar-refractivity contribution is -0.274. The van der Waals surface area contributed by atoms with Crippen LogP contribution in [-0.4, -0.2) is 45.6 Å². The minimum atomic E-state index is -4.85. The van der Waals surface area contributed by atoms with Gasteiger partial charge in [0.25, 0.3) is 5.91 Å². The van der Waals surface area contributed by atoms with E-state index in [1.54, 1.807) is 6.07 Å². The second-order valence-electron chi connectivity index (χ2n) is 5.58. The standard InChI is InChI=1S/C16H21F3N2O3/c1-23-9-8-21-15(22)13-3-2-12(11-4-6-20-7-5-11)10-14(13)24-16(17,18)19/h2-3,10-11,20H,4-9H2,1H3,(H,21,22). The van der Waals surface area contributed by atoms with E-state index in [2.05, 4.69) is 15.4 Å². The van der Waals surface area contributed by atoms with E-state index in [0.29, 0.717) is 0 Å². The third kappa shape index (κ3) is 5.38. The van der Waals surface area contributed by atoms with E-state index in [0.717, 1.165) is 31.5 Å². The third-order valence-corrected chi connectivity index (χ3v) is 3.88. The Bertz CT molecular complexity index is 558. The number of benzene rings is 1. The van der Waals surface area contributed by atoms with E-state index in [4.69, 9.17) is 4.74 Å². The van der Waals surface area contributed by atoms with Crippen molar-refractivity contribution in [1.82, 2.24) is 10.6 Å². The number of hydrogen-bond donors (Lipinski definition) is 2. The molecule has 1 aliphatic rings. The first-order valence-electron chi connectivity index (χ1n) is 7.78. The van der Waals surface area contributed by atoms with Gasteiger partial charge < -0.3 is 20.1 Å². The van der Waals surface area contributed by atoms with Gasteiger partial charge in [0, 0.05) is 13.7 Å². The van der Waals surface area contributed by atoms with Crippen LogP contribution in [0.15, 0.2) is 18.2 Å². The van der Waals surface area contributed by atoms with E-state index >= 15 is 0 Å². The number of ether oxygens (including phenoxy) is 2. The Balaban J connectivity index is 2.23. The van der Waals surface area contributed by atoms with Gasteiger partial charge in [-0.2, -0.15) is 0 Å². The average molecular weight is 346 g/mol. The van der Waals surface area contributed by atoms with Crippen molar-refractivity contribution >= 4 is 5.91 Å². The van der Waals surface area contributed by atoms with Crippen molar-refractivity contribution in [2.24, 2.45) is 0 Å². The molecule has 1 fully saturated rings. The zero-order chi connectivity index (χ0) is 17.6. The molecule has 2 N–H and O–H groups in total. The maximum absolute atomic E-state index is 12.7. The van der Waals surface area contributed by atoms with E-state index in [1.165, 1.54) is 19.2 Å².